The van der Waals surface area contributed by atoms with E-state index in [1.807, 2.05) is 0 Å². The Morgan fingerprint density at radius 2 is 1.05 bits per heavy atom. The zero-order chi connectivity index (χ0) is 13.6. The number of hydrogen-bond acceptors (Lipinski definition) is 0. The monoisotopic (exact) mass is 295 g/mol. The Bertz CT molecular complexity index is 588. The molecule has 0 fully saturated rings. The quantitative estimate of drug-likeness (QED) is 0.621. The number of benzene rings is 2. The Kier molecular flexibility index (Phi) is 5.53. The number of nitrogens with zero attached hydrogens (tertiary/aromatic N) is 1. The van der Waals surface area contributed by atoms with Crippen LogP contribution in [0, 0.1) is 0 Å². The highest BCUT2D eigenvalue weighted by molar-refractivity contribution is 5.23. The van der Waals surface area contributed by atoms with Crippen LogP contribution in [0.15, 0.2) is 85.2 Å². The van der Waals surface area contributed by atoms with E-state index in [0.29, 0.717) is 0 Å². The van der Waals surface area contributed by atoms with E-state index >= 15 is 0 Å². The van der Waals surface area contributed by atoms with E-state index < -0.39 is 0 Å². The van der Waals surface area contributed by atoms with Crippen LogP contribution in [0.4, 0.5) is 0 Å². The van der Waals surface area contributed by atoms with Crippen LogP contribution in [-0.4, -0.2) is 0 Å². The van der Waals surface area contributed by atoms with Crippen LogP contribution in [0.5, 0.6) is 0 Å². The first-order valence-corrected chi connectivity index (χ1v) is 6.96. The third-order valence-corrected chi connectivity index (χ3v) is 3.42. The van der Waals surface area contributed by atoms with Gasteiger partial charge in [-0.1, -0.05) is 60.7 Å². The standard InChI is InChI=1S/C19H18N.ClH/c1-3-7-17(8-4-1)15-18-11-13-20(14-12-18)16-19-9-5-2-6-10-19;/h1-14H,15-16H2;1H/q+1;/p-1. The maximum atomic E-state index is 2.21. The van der Waals surface area contributed by atoms with Crippen LogP contribution in [0.1, 0.15) is 16.7 Å². The second-order valence-electron chi connectivity index (χ2n) is 5.03. The molecule has 1 heterocycles. The second kappa shape index (κ2) is 7.61. The van der Waals surface area contributed by atoms with Crippen molar-refractivity contribution in [3.63, 3.8) is 0 Å². The lowest BCUT2D eigenvalue weighted by molar-refractivity contribution is -0.688. The SMILES string of the molecule is [Cl-].c1ccc(Cc2cc[n+](Cc3ccccc3)cc2)cc1. The summed E-state index contributed by atoms with van der Waals surface area (Å²) in [4.78, 5) is 0. The normalized spacial score (nSPS) is 9.90. The molecule has 106 valence electrons. The average Bonchev–Trinajstić information content (AvgIpc) is 2.51. The number of hydrogen-bond donors (Lipinski definition) is 0. The van der Waals surface area contributed by atoms with Crippen LogP contribution in [0.2, 0.25) is 0 Å². The highest BCUT2D eigenvalue weighted by Crippen LogP contribution is 2.07. The summed E-state index contributed by atoms with van der Waals surface area (Å²) in [5.74, 6) is 0. The Morgan fingerprint density at radius 1 is 0.571 bits per heavy atom. The molecule has 0 aliphatic carbocycles. The molecule has 0 amide bonds. The Labute approximate surface area is 132 Å². The van der Waals surface area contributed by atoms with Gasteiger partial charge in [0, 0.05) is 17.7 Å². The lowest BCUT2D eigenvalue weighted by atomic mass is 10.1. The summed E-state index contributed by atoms with van der Waals surface area (Å²) >= 11 is 0. The van der Waals surface area contributed by atoms with Gasteiger partial charge >= 0.3 is 0 Å². The molecule has 2 aromatic carbocycles. The van der Waals surface area contributed by atoms with Gasteiger partial charge in [0.15, 0.2) is 18.9 Å². The summed E-state index contributed by atoms with van der Waals surface area (Å²) in [7, 11) is 0. The Morgan fingerprint density at radius 3 is 1.62 bits per heavy atom. The minimum absolute atomic E-state index is 0. The molecule has 3 rings (SSSR count). The van der Waals surface area contributed by atoms with Crippen molar-refractivity contribution in [3.8, 4) is 0 Å². The zero-order valence-electron chi connectivity index (χ0n) is 11.8. The van der Waals surface area contributed by atoms with Crippen LogP contribution in [0.3, 0.4) is 0 Å². The smallest absolute Gasteiger partial charge is 0.173 e. The van der Waals surface area contributed by atoms with E-state index in [2.05, 4.69) is 89.8 Å². The van der Waals surface area contributed by atoms with Gasteiger partial charge in [-0.05, 0) is 17.5 Å². The van der Waals surface area contributed by atoms with Crippen molar-refractivity contribution in [2.24, 2.45) is 0 Å². The Balaban J connectivity index is 0.00000161. The number of halogens is 1. The lowest BCUT2D eigenvalue weighted by Crippen LogP contribution is -3.00. The summed E-state index contributed by atoms with van der Waals surface area (Å²) in [5, 5.41) is 0. The average molecular weight is 296 g/mol. The molecule has 2 heteroatoms. The first-order valence-electron chi connectivity index (χ1n) is 6.96. The highest BCUT2D eigenvalue weighted by atomic mass is 35.5. The van der Waals surface area contributed by atoms with Crippen molar-refractivity contribution in [1.82, 2.24) is 0 Å². The van der Waals surface area contributed by atoms with Gasteiger partial charge in [-0.25, -0.2) is 4.57 Å². The van der Waals surface area contributed by atoms with E-state index in [9.17, 15) is 0 Å². The largest absolute Gasteiger partial charge is 1.00 e. The summed E-state index contributed by atoms with van der Waals surface area (Å²) in [5.41, 5.74) is 4.03. The van der Waals surface area contributed by atoms with Crippen molar-refractivity contribution in [3.05, 3.63) is 102 Å². The molecular weight excluding hydrogens is 278 g/mol. The summed E-state index contributed by atoms with van der Waals surface area (Å²) in [6.07, 6.45) is 5.31. The second-order valence-corrected chi connectivity index (χ2v) is 5.03. The number of aromatic nitrogens is 1. The molecule has 3 aromatic rings. The molecule has 0 N–H and O–H groups in total. The predicted molar refractivity (Wildman–Crippen MR) is 81.4 cm³/mol. The van der Waals surface area contributed by atoms with Crippen LogP contribution in [0.25, 0.3) is 0 Å². The molecule has 21 heavy (non-hydrogen) atoms. The van der Waals surface area contributed by atoms with Crippen molar-refractivity contribution in [1.29, 1.82) is 0 Å². The molecule has 1 nitrogen and oxygen atoms in total. The first kappa shape index (κ1) is 15.3. The fraction of sp³-hybridized carbons (Fsp3) is 0.105. The van der Waals surface area contributed by atoms with Crippen LogP contribution in [-0.2, 0) is 13.0 Å². The van der Waals surface area contributed by atoms with E-state index in [1.165, 1.54) is 16.7 Å². The fourth-order valence-electron chi connectivity index (χ4n) is 2.34. The summed E-state index contributed by atoms with van der Waals surface area (Å²) in [6, 6.07) is 25.5. The molecule has 0 aliphatic rings. The zero-order valence-corrected chi connectivity index (χ0v) is 12.6. The van der Waals surface area contributed by atoms with Gasteiger partial charge in [-0.3, -0.25) is 0 Å². The molecular formula is C19H18ClN. The molecule has 0 bridgehead atoms. The molecule has 0 unspecified atom stereocenters. The molecule has 0 aliphatic heterocycles. The van der Waals surface area contributed by atoms with E-state index in [-0.39, 0.29) is 12.4 Å². The van der Waals surface area contributed by atoms with Gasteiger partial charge in [0.05, 0.1) is 0 Å². The summed E-state index contributed by atoms with van der Waals surface area (Å²) < 4.78 is 2.21. The minimum atomic E-state index is 0. The van der Waals surface area contributed by atoms with E-state index in [4.69, 9.17) is 0 Å². The van der Waals surface area contributed by atoms with E-state index in [0.717, 1.165) is 13.0 Å². The third kappa shape index (κ3) is 4.44. The van der Waals surface area contributed by atoms with Gasteiger partial charge in [0.1, 0.15) is 0 Å². The molecule has 0 saturated heterocycles. The minimum Gasteiger partial charge on any atom is -1.00 e. The van der Waals surface area contributed by atoms with Crippen molar-refractivity contribution in [2.45, 2.75) is 13.0 Å². The first-order chi connectivity index (χ1) is 9.90. The van der Waals surface area contributed by atoms with E-state index in [1.54, 1.807) is 0 Å². The molecule has 1 aromatic heterocycles. The fourth-order valence-corrected chi connectivity index (χ4v) is 2.34. The maximum absolute atomic E-state index is 2.21. The predicted octanol–water partition coefficient (Wildman–Crippen LogP) is 0.617. The molecule has 0 radical (unpaired) electrons. The van der Waals surface area contributed by atoms with Gasteiger partial charge in [0.25, 0.3) is 0 Å². The van der Waals surface area contributed by atoms with Crippen LogP contribution >= 0.6 is 0 Å². The molecule has 0 saturated carbocycles. The van der Waals surface area contributed by atoms with Gasteiger partial charge < -0.3 is 12.4 Å². The lowest BCUT2D eigenvalue weighted by Gasteiger charge is -2.02. The van der Waals surface area contributed by atoms with Gasteiger partial charge in [-0.2, -0.15) is 0 Å². The number of rotatable bonds is 4. The van der Waals surface area contributed by atoms with Crippen LogP contribution < -0.4 is 17.0 Å². The van der Waals surface area contributed by atoms with Crippen molar-refractivity contribution in [2.75, 3.05) is 0 Å². The van der Waals surface area contributed by atoms with Crippen molar-refractivity contribution < 1.29 is 17.0 Å². The van der Waals surface area contributed by atoms with Gasteiger partial charge in [0.2, 0.25) is 0 Å². The summed E-state index contributed by atoms with van der Waals surface area (Å²) in [6.45, 7) is 0.923. The number of pyridine rings is 1. The molecule has 0 atom stereocenters. The Hall–Kier alpha value is -2.12. The third-order valence-electron chi connectivity index (χ3n) is 3.42. The van der Waals surface area contributed by atoms with Gasteiger partial charge in [-0.15, -0.1) is 0 Å². The topological polar surface area (TPSA) is 3.88 Å². The van der Waals surface area contributed by atoms with Crippen molar-refractivity contribution >= 4 is 0 Å². The maximum Gasteiger partial charge on any atom is 0.173 e. The highest BCUT2D eigenvalue weighted by Gasteiger charge is 2.03. The molecule has 0 spiro atoms.